The molecule has 0 spiro atoms. The van der Waals surface area contributed by atoms with Crippen LogP contribution in [0.4, 0.5) is 0 Å². The Morgan fingerprint density at radius 1 is 1.43 bits per heavy atom. The second-order valence-corrected chi connectivity index (χ2v) is 3.07. The lowest BCUT2D eigenvalue weighted by Crippen LogP contribution is -1.92. The molecule has 14 heavy (non-hydrogen) atoms. The minimum absolute atomic E-state index is 0.0680. The van der Waals surface area contributed by atoms with Gasteiger partial charge in [0.2, 0.25) is 0 Å². The molecule has 0 amide bonds. The fourth-order valence-electron chi connectivity index (χ4n) is 1.31. The van der Waals surface area contributed by atoms with E-state index < -0.39 is 0 Å². The largest absolute Gasteiger partial charge is 0.345 e. The van der Waals surface area contributed by atoms with Crippen LogP contribution < -0.4 is 0 Å². The molecular weight excluding hydrogens is 176 g/mol. The second-order valence-electron chi connectivity index (χ2n) is 3.07. The van der Waals surface area contributed by atoms with E-state index in [4.69, 9.17) is 0 Å². The van der Waals surface area contributed by atoms with Crippen molar-refractivity contribution < 1.29 is 4.79 Å². The number of benzene rings is 1. The Hall–Kier alpha value is -1.90. The molecule has 0 fully saturated rings. The van der Waals surface area contributed by atoms with Crippen LogP contribution in [0.15, 0.2) is 36.7 Å². The Balaban J connectivity index is 2.46. The maximum Gasteiger partial charge on any atom is 0.159 e. The van der Waals surface area contributed by atoms with Crippen LogP contribution in [0, 0.1) is 0 Å². The number of nitrogens with one attached hydrogen (secondary N) is 1. The fraction of sp³-hybridized carbons (Fsp3) is 0.0909. The van der Waals surface area contributed by atoms with E-state index in [0.717, 1.165) is 11.4 Å². The van der Waals surface area contributed by atoms with Gasteiger partial charge in [-0.25, -0.2) is 4.98 Å². The topological polar surface area (TPSA) is 45.8 Å². The molecule has 0 atom stereocenters. The highest BCUT2D eigenvalue weighted by Gasteiger charge is 2.03. The number of H-pyrrole nitrogens is 1. The summed E-state index contributed by atoms with van der Waals surface area (Å²) in [5.41, 5.74) is 1.64. The van der Waals surface area contributed by atoms with Gasteiger partial charge in [-0.1, -0.05) is 18.2 Å². The summed E-state index contributed by atoms with van der Waals surface area (Å²) in [5, 5.41) is 0. The summed E-state index contributed by atoms with van der Waals surface area (Å²) in [7, 11) is 0. The molecule has 2 aromatic rings. The van der Waals surface area contributed by atoms with Crippen LogP contribution in [-0.2, 0) is 0 Å². The Labute approximate surface area is 81.8 Å². The maximum atomic E-state index is 11.1. The summed E-state index contributed by atoms with van der Waals surface area (Å²) < 4.78 is 0. The molecule has 1 N–H and O–H groups in total. The number of aromatic amines is 1. The zero-order chi connectivity index (χ0) is 9.97. The van der Waals surface area contributed by atoms with E-state index in [2.05, 4.69) is 9.97 Å². The summed E-state index contributed by atoms with van der Waals surface area (Å²) in [6, 6.07) is 7.41. The van der Waals surface area contributed by atoms with Gasteiger partial charge in [0.05, 0.1) is 0 Å². The van der Waals surface area contributed by atoms with Crippen molar-refractivity contribution in [3.63, 3.8) is 0 Å². The molecule has 1 heterocycles. The van der Waals surface area contributed by atoms with Gasteiger partial charge in [-0.15, -0.1) is 0 Å². The van der Waals surface area contributed by atoms with Crippen molar-refractivity contribution >= 4 is 5.78 Å². The van der Waals surface area contributed by atoms with Gasteiger partial charge in [0.15, 0.2) is 5.78 Å². The lowest BCUT2D eigenvalue weighted by molar-refractivity contribution is 0.101. The highest BCUT2D eigenvalue weighted by Crippen LogP contribution is 2.15. The molecule has 70 valence electrons. The average Bonchev–Trinajstić information content (AvgIpc) is 2.71. The third kappa shape index (κ3) is 1.57. The molecule has 0 aliphatic rings. The van der Waals surface area contributed by atoms with Gasteiger partial charge < -0.3 is 4.98 Å². The van der Waals surface area contributed by atoms with E-state index >= 15 is 0 Å². The SMILES string of the molecule is CC(=O)c1cccc(-c2ncc[nH]2)c1. The average molecular weight is 186 g/mol. The molecule has 0 radical (unpaired) electrons. The van der Waals surface area contributed by atoms with E-state index in [0.29, 0.717) is 5.56 Å². The quantitative estimate of drug-likeness (QED) is 0.731. The number of aromatic nitrogens is 2. The number of nitrogens with zero attached hydrogens (tertiary/aromatic N) is 1. The predicted molar refractivity (Wildman–Crippen MR) is 54.0 cm³/mol. The van der Waals surface area contributed by atoms with Gasteiger partial charge in [0.1, 0.15) is 5.82 Å². The minimum Gasteiger partial charge on any atom is -0.345 e. The lowest BCUT2D eigenvalue weighted by atomic mass is 10.1. The van der Waals surface area contributed by atoms with E-state index in [9.17, 15) is 4.79 Å². The number of carbonyl (C=O) groups is 1. The van der Waals surface area contributed by atoms with Crippen molar-refractivity contribution in [2.24, 2.45) is 0 Å². The van der Waals surface area contributed by atoms with Crippen molar-refractivity contribution in [1.82, 2.24) is 9.97 Å². The Morgan fingerprint density at radius 2 is 2.29 bits per heavy atom. The summed E-state index contributed by atoms with van der Waals surface area (Å²) in [6.07, 6.45) is 3.45. The molecular formula is C11H10N2O. The van der Waals surface area contributed by atoms with E-state index in [1.807, 2.05) is 18.2 Å². The van der Waals surface area contributed by atoms with E-state index in [1.165, 1.54) is 0 Å². The zero-order valence-corrected chi connectivity index (χ0v) is 7.82. The highest BCUT2D eigenvalue weighted by atomic mass is 16.1. The minimum atomic E-state index is 0.0680. The third-order valence-corrected chi connectivity index (χ3v) is 2.04. The predicted octanol–water partition coefficient (Wildman–Crippen LogP) is 2.28. The van der Waals surface area contributed by atoms with Gasteiger partial charge in [-0.3, -0.25) is 4.79 Å². The van der Waals surface area contributed by atoms with Crippen molar-refractivity contribution in [3.05, 3.63) is 42.2 Å². The normalized spacial score (nSPS) is 10.1. The third-order valence-electron chi connectivity index (χ3n) is 2.04. The van der Waals surface area contributed by atoms with Crippen LogP contribution in [0.25, 0.3) is 11.4 Å². The van der Waals surface area contributed by atoms with Crippen LogP contribution in [0.5, 0.6) is 0 Å². The van der Waals surface area contributed by atoms with Gasteiger partial charge in [0, 0.05) is 23.5 Å². The maximum absolute atomic E-state index is 11.1. The molecule has 0 aliphatic heterocycles. The summed E-state index contributed by atoms with van der Waals surface area (Å²) in [6.45, 7) is 1.56. The summed E-state index contributed by atoms with van der Waals surface area (Å²) >= 11 is 0. The van der Waals surface area contributed by atoms with Gasteiger partial charge in [0.25, 0.3) is 0 Å². The monoisotopic (exact) mass is 186 g/mol. The van der Waals surface area contributed by atoms with Crippen LogP contribution in [0.1, 0.15) is 17.3 Å². The van der Waals surface area contributed by atoms with Crippen LogP contribution in [0.3, 0.4) is 0 Å². The number of rotatable bonds is 2. The first-order valence-corrected chi connectivity index (χ1v) is 4.38. The molecule has 1 aromatic heterocycles. The van der Waals surface area contributed by atoms with Gasteiger partial charge in [-0.05, 0) is 13.0 Å². The van der Waals surface area contributed by atoms with Crippen molar-refractivity contribution in [3.8, 4) is 11.4 Å². The highest BCUT2D eigenvalue weighted by molar-refractivity contribution is 5.95. The fourth-order valence-corrected chi connectivity index (χ4v) is 1.31. The van der Waals surface area contributed by atoms with E-state index in [-0.39, 0.29) is 5.78 Å². The number of Topliss-reactive ketones (excluding diaryl/α,β-unsaturated/α-hetero) is 1. The Bertz CT molecular complexity index is 446. The summed E-state index contributed by atoms with van der Waals surface area (Å²) in [5.74, 6) is 0.853. The lowest BCUT2D eigenvalue weighted by Gasteiger charge is -1.99. The molecule has 0 bridgehead atoms. The number of carbonyl (C=O) groups excluding carboxylic acids is 1. The first-order valence-electron chi connectivity index (χ1n) is 4.38. The number of ketones is 1. The number of imidazole rings is 1. The first-order chi connectivity index (χ1) is 6.77. The molecule has 0 unspecified atom stereocenters. The van der Waals surface area contributed by atoms with Crippen molar-refractivity contribution in [2.45, 2.75) is 6.92 Å². The van der Waals surface area contributed by atoms with Crippen LogP contribution in [-0.4, -0.2) is 15.8 Å². The first kappa shape index (κ1) is 8.69. The molecule has 3 heteroatoms. The molecule has 0 saturated carbocycles. The smallest absolute Gasteiger partial charge is 0.159 e. The van der Waals surface area contributed by atoms with Gasteiger partial charge in [-0.2, -0.15) is 0 Å². The van der Waals surface area contributed by atoms with Crippen molar-refractivity contribution in [2.75, 3.05) is 0 Å². The van der Waals surface area contributed by atoms with Crippen LogP contribution >= 0.6 is 0 Å². The molecule has 1 aromatic carbocycles. The second kappa shape index (κ2) is 3.46. The van der Waals surface area contributed by atoms with Crippen LogP contribution in [0.2, 0.25) is 0 Å². The molecule has 2 rings (SSSR count). The standard InChI is InChI=1S/C11H10N2O/c1-8(14)9-3-2-4-10(7-9)11-12-5-6-13-11/h2-7H,1H3,(H,12,13). The number of hydrogen-bond acceptors (Lipinski definition) is 2. The number of hydrogen-bond donors (Lipinski definition) is 1. The Kier molecular flexibility index (Phi) is 2.14. The summed E-state index contributed by atoms with van der Waals surface area (Å²) in [4.78, 5) is 18.3. The molecule has 3 nitrogen and oxygen atoms in total. The molecule has 0 aliphatic carbocycles. The van der Waals surface area contributed by atoms with E-state index in [1.54, 1.807) is 25.4 Å². The zero-order valence-electron chi connectivity index (χ0n) is 7.82. The van der Waals surface area contributed by atoms with Gasteiger partial charge >= 0.3 is 0 Å². The Morgan fingerprint density at radius 3 is 2.93 bits per heavy atom. The molecule has 0 saturated heterocycles. The van der Waals surface area contributed by atoms with Crippen molar-refractivity contribution in [1.29, 1.82) is 0 Å².